The van der Waals surface area contributed by atoms with Gasteiger partial charge in [-0.25, -0.2) is 9.82 Å². The topological polar surface area (TPSA) is 50.7 Å². The Morgan fingerprint density at radius 2 is 2.10 bits per heavy atom. The Morgan fingerprint density at radius 3 is 2.86 bits per heavy atom. The fraction of sp³-hybridized carbons (Fsp3) is 0.125. The molecular formula is C16H15FN2O2. The molecule has 0 atom stereocenters. The Labute approximate surface area is 122 Å². The van der Waals surface area contributed by atoms with Gasteiger partial charge >= 0.3 is 0 Å². The van der Waals surface area contributed by atoms with Crippen LogP contribution in [0, 0.1) is 12.7 Å². The largest absolute Gasteiger partial charge is 0.484 e. The number of carbonyl (C=O) groups is 1. The lowest BCUT2D eigenvalue weighted by Gasteiger charge is -2.05. The summed E-state index contributed by atoms with van der Waals surface area (Å²) in [7, 11) is 0. The fourth-order valence-corrected chi connectivity index (χ4v) is 1.65. The Bertz CT molecular complexity index is 656. The van der Waals surface area contributed by atoms with Crippen LogP contribution >= 0.6 is 0 Å². The fourth-order valence-electron chi connectivity index (χ4n) is 1.65. The molecule has 0 bridgehead atoms. The third kappa shape index (κ3) is 5.06. The highest BCUT2D eigenvalue weighted by atomic mass is 19.1. The summed E-state index contributed by atoms with van der Waals surface area (Å²) >= 11 is 0. The molecule has 2 rings (SSSR count). The van der Waals surface area contributed by atoms with Gasteiger partial charge in [-0.3, -0.25) is 4.79 Å². The number of nitrogens with one attached hydrogen (secondary N) is 1. The lowest BCUT2D eigenvalue weighted by molar-refractivity contribution is -0.123. The lowest BCUT2D eigenvalue weighted by atomic mass is 10.2. The highest BCUT2D eigenvalue weighted by molar-refractivity contribution is 5.82. The average Bonchev–Trinajstić information content (AvgIpc) is 2.45. The van der Waals surface area contributed by atoms with Gasteiger partial charge in [0.2, 0.25) is 0 Å². The maximum absolute atomic E-state index is 12.9. The number of hydrogen-bond acceptors (Lipinski definition) is 3. The molecule has 1 amide bonds. The maximum atomic E-state index is 12.9. The van der Waals surface area contributed by atoms with Crippen LogP contribution in [0.25, 0.3) is 0 Å². The summed E-state index contributed by atoms with van der Waals surface area (Å²) in [6.07, 6.45) is 1.37. The first-order valence-electron chi connectivity index (χ1n) is 6.40. The van der Waals surface area contributed by atoms with Crippen LogP contribution in [0.1, 0.15) is 11.1 Å². The third-order valence-corrected chi connectivity index (χ3v) is 2.61. The van der Waals surface area contributed by atoms with E-state index < -0.39 is 0 Å². The van der Waals surface area contributed by atoms with Crippen molar-refractivity contribution >= 4 is 12.1 Å². The average molecular weight is 286 g/mol. The van der Waals surface area contributed by atoms with Crippen molar-refractivity contribution in [2.45, 2.75) is 6.92 Å². The second-order valence-corrected chi connectivity index (χ2v) is 4.45. The van der Waals surface area contributed by atoms with E-state index in [-0.39, 0.29) is 18.3 Å². The predicted molar refractivity (Wildman–Crippen MR) is 78.8 cm³/mol. The SMILES string of the molecule is Cc1cccc(OCC(=O)N/N=C/c2cccc(F)c2)c1. The molecule has 0 fully saturated rings. The van der Waals surface area contributed by atoms with E-state index in [4.69, 9.17) is 4.74 Å². The number of amides is 1. The molecule has 0 saturated heterocycles. The Morgan fingerprint density at radius 1 is 1.29 bits per heavy atom. The van der Waals surface area contributed by atoms with Gasteiger partial charge in [-0.2, -0.15) is 5.10 Å². The van der Waals surface area contributed by atoms with E-state index in [2.05, 4.69) is 10.5 Å². The molecule has 0 radical (unpaired) electrons. The molecule has 21 heavy (non-hydrogen) atoms. The van der Waals surface area contributed by atoms with E-state index in [0.717, 1.165) is 5.56 Å². The summed E-state index contributed by atoms with van der Waals surface area (Å²) in [5, 5.41) is 3.74. The summed E-state index contributed by atoms with van der Waals surface area (Å²) in [5.74, 6) is -0.114. The zero-order chi connectivity index (χ0) is 15.1. The van der Waals surface area contributed by atoms with Crippen LogP contribution in [0.5, 0.6) is 5.75 Å². The van der Waals surface area contributed by atoms with Crippen LogP contribution in [0.4, 0.5) is 4.39 Å². The monoisotopic (exact) mass is 286 g/mol. The van der Waals surface area contributed by atoms with Gasteiger partial charge in [-0.05, 0) is 42.3 Å². The first-order valence-corrected chi connectivity index (χ1v) is 6.40. The van der Waals surface area contributed by atoms with Crippen molar-refractivity contribution in [1.82, 2.24) is 5.43 Å². The molecule has 0 heterocycles. The number of benzene rings is 2. The molecule has 1 N–H and O–H groups in total. The predicted octanol–water partition coefficient (Wildman–Crippen LogP) is 2.66. The second kappa shape index (κ2) is 7.19. The number of hydrogen-bond donors (Lipinski definition) is 1. The summed E-state index contributed by atoms with van der Waals surface area (Å²) < 4.78 is 18.2. The molecule has 5 heteroatoms. The number of halogens is 1. The first-order chi connectivity index (χ1) is 10.1. The minimum absolute atomic E-state index is 0.135. The van der Waals surface area contributed by atoms with Gasteiger partial charge in [0.15, 0.2) is 6.61 Å². The zero-order valence-electron chi connectivity index (χ0n) is 11.5. The Kier molecular flexibility index (Phi) is 5.04. The molecule has 0 aliphatic heterocycles. The van der Waals surface area contributed by atoms with E-state index in [1.807, 2.05) is 25.1 Å². The molecule has 2 aromatic carbocycles. The highest BCUT2D eigenvalue weighted by Gasteiger charge is 2.01. The number of carbonyl (C=O) groups excluding carboxylic acids is 1. The van der Waals surface area contributed by atoms with E-state index in [1.54, 1.807) is 18.2 Å². The minimum Gasteiger partial charge on any atom is -0.484 e. The van der Waals surface area contributed by atoms with Gasteiger partial charge in [-0.1, -0.05) is 24.3 Å². The van der Waals surface area contributed by atoms with Crippen LogP contribution in [0.3, 0.4) is 0 Å². The number of rotatable bonds is 5. The minimum atomic E-state index is -0.385. The lowest BCUT2D eigenvalue weighted by Crippen LogP contribution is -2.24. The third-order valence-electron chi connectivity index (χ3n) is 2.61. The van der Waals surface area contributed by atoms with Gasteiger partial charge < -0.3 is 4.74 Å². The Balaban J connectivity index is 1.80. The van der Waals surface area contributed by atoms with Crippen molar-refractivity contribution in [3.05, 3.63) is 65.5 Å². The van der Waals surface area contributed by atoms with E-state index in [9.17, 15) is 9.18 Å². The molecule has 4 nitrogen and oxygen atoms in total. The van der Waals surface area contributed by atoms with Gasteiger partial charge in [0, 0.05) is 0 Å². The van der Waals surface area contributed by atoms with Crippen LogP contribution in [-0.4, -0.2) is 18.7 Å². The highest BCUT2D eigenvalue weighted by Crippen LogP contribution is 2.11. The van der Waals surface area contributed by atoms with E-state index >= 15 is 0 Å². The molecule has 2 aromatic rings. The molecule has 108 valence electrons. The van der Waals surface area contributed by atoms with Crippen LogP contribution in [-0.2, 0) is 4.79 Å². The number of hydrazone groups is 1. The van der Waals surface area contributed by atoms with Gasteiger partial charge in [0.1, 0.15) is 11.6 Å². The van der Waals surface area contributed by atoms with Crippen molar-refractivity contribution in [2.24, 2.45) is 5.10 Å². The second-order valence-electron chi connectivity index (χ2n) is 4.45. The van der Waals surface area contributed by atoms with Gasteiger partial charge in [-0.15, -0.1) is 0 Å². The van der Waals surface area contributed by atoms with Crippen LogP contribution < -0.4 is 10.2 Å². The van der Waals surface area contributed by atoms with Crippen molar-refractivity contribution in [2.75, 3.05) is 6.61 Å². The van der Waals surface area contributed by atoms with Gasteiger partial charge in [0.05, 0.1) is 6.21 Å². The molecule has 0 saturated carbocycles. The van der Waals surface area contributed by atoms with Crippen molar-refractivity contribution in [3.63, 3.8) is 0 Å². The molecular weight excluding hydrogens is 271 g/mol. The molecule has 0 unspecified atom stereocenters. The summed E-state index contributed by atoms with van der Waals surface area (Å²) in [6, 6.07) is 13.3. The number of ether oxygens (including phenoxy) is 1. The number of aryl methyl sites for hydroxylation is 1. The van der Waals surface area contributed by atoms with E-state index in [0.29, 0.717) is 11.3 Å². The van der Waals surface area contributed by atoms with Crippen LogP contribution in [0.2, 0.25) is 0 Å². The van der Waals surface area contributed by atoms with Crippen LogP contribution in [0.15, 0.2) is 53.6 Å². The molecule has 0 aliphatic carbocycles. The van der Waals surface area contributed by atoms with Gasteiger partial charge in [0.25, 0.3) is 5.91 Å². The normalized spacial score (nSPS) is 10.6. The smallest absolute Gasteiger partial charge is 0.277 e. The van der Waals surface area contributed by atoms with Crippen molar-refractivity contribution < 1.29 is 13.9 Å². The molecule has 0 spiro atoms. The molecule has 0 aliphatic rings. The van der Waals surface area contributed by atoms with Crippen molar-refractivity contribution in [3.8, 4) is 5.75 Å². The summed E-state index contributed by atoms with van der Waals surface area (Å²) in [5.41, 5.74) is 3.94. The number of nitrogens with zero attached hydrogens (tertiary/aromatic N) is 1. The standard InChI is InChI=1S/C16H15FN2O2/c1-12-4-2-7-15(8-12)21-11-16(20)19-18-10-13-5-3-6-14(17)9-13/h2-10H,11H2,1H3,(H,19,20)/b18-10+. The summed E-state index contributed by atoms with van der Waals surface area (Å²) in [6.45, 7) is 1.81. The maximum Gasteiger partial charge on any atom is 0.277 e. The molecule has 0 aromatic heterocycles. The zero-order valence-corrected chi connectivity index (χ0v) is 11.5. The summed E-state index contributed by atoms with van der Waals surface area (Å²) in [4.78, 5) is 11.5. The van der Waals surface area contributed by atoms with Crippen molar-refractivity contribution in [1.29, 1.82) is 0 Å². The van der Waals surface area contributed by atoms with E-state index in [1.165, 1.54) is 18.3 Å². The quantitative estimate of drug-likeness (QED) is 0.678. The first kappa shape index (κ1) is 14.7. The Hall–Kier alpha value is -2.69.